The molecule has 40 heavy (non-hydrogen) atoms. The quantitative estimate of drug-likeness (QED) is 0.309. The molecule has 8 heteroatoms. The molecule has 2 bridgehead atoms. The summed E-state index contributed by atoms with van der Waals surface area (Å²) >= 11 is 0. The lowest BCUT2D eigenvalue weighted by atomic mass is 9.55. The fourth-order valence-corrected chi connectivity index (χ4v) is 6.73. The van der Waals surface area contributed by atoms with Gasteiger partial charge in [0.2, 0.25) is 11.8 Å². The third-order valence-corrected chi connectivity index (χ3v) is 8.32. The number of carbonyl (C=O) groups excluding carboxylic acids is 3. The lowest BCUT2D eigenvalue weighted by molar-refractivity contribution is -0.137. The molecule has 198 valence electrons. The number of amides is 3. The number of nitrogens with one attached hydrogen (secondary N) is 1. The highest BCUT2D eigenvalue weighted by molar-refractivity contribution is 6.23. The van der Waals surface area contributed by atoms with E-state index in [0.29, 0.717) is 5.69 Å². The van der Waals surface area contributed by atoms with Crippen LogP contribution >= 0.6 is 0 Å². The molecule has 1 saturated heterocycles. The van der Waals surface area contributed by atoms with Gasteiger partial charge in [-0.25, -0.2) is 4.90 Å². The summed E-state index contributed by atoms with van der Waals surface area (Å²) in [4.78, 5) is 41.7. The van der Waals surface area contributed by atoms with E-state index >= 15 is 0 Å². The Bertz CT molecular complexity index is 1600. The van der Waals surface area contributed by atoms with Crippen molar-refractivity contribution in [3.63, 3.8) is 0 Å². The van der Waals surface area contributed by atoms with Gasteiger partial charge < -0.3 is 5.32 Å². The van der Waals surface area contributed by atoms with Crippen molar-refractivity contribution in [1.29, 1.82) is 0 Å². The standard InChI is InChI=1S/C32H21F3N2O3/c33-32(34,35)23-11-5-6-12-24(23)36-29(38)17-13-15-18(16-14-17)37-30(39)27-25-19-7-1-2-8-20(19)26(28(27)31(37)40)22-10-4-3-9-21(22)25/h1-16,25-28H,(H,36,38)/t25?,26?,27-,28-/m0/s1. The monoisotopic (exact) mass is 538 g/mol. The number of alkyl halides is 3. The second-order valence-electron chi connectivity index (χ2n) is 10.3. The predicted molar refractivity (Wildman–Crippen MR) is 142 cm³/mol. The van der Waals surface area contributed by atoms with Crippen LogP contribution in [0.5, 0.6) is 0 Å². The Balaban J connectivity index is 1.20. The number of halogens is 3. The summed E-state index contributed by atoms with van der Waals surface area (Å²) in [6.07, 6.45) is -4.63. The summed E-state index contributed by atoms with van der Waals surface area (Å²) in [6, 6.07) is 26.4. The molecule has 3 aliphatic carbocycles. The van der Waals surface area contributed by atoms with Crippen molar-refractivity contribution < 1.29 is 27.6 Å². The van der Waals surface area contributed by atoms with E-state index in [9.17, 15) is 27.6 Å². The number of carbonyl (C=O) groups is 3. The molecule has 3 amide bonds. The molecule has 4 aromatic carbocycles. The van der Waals surface area contributed by atoms with Gasteiger partial charge in [-0.15, -0.1) is 0 Å². The summed E-state index contributed by atoms with van der Waals surface area (Å²) in [6.45, 7) is 0. The summed E-state index contributed by atoms with van der Waals surface area (Å²) in [7, 11) is 0. The summed E-state index contributed by atoms with van der Waals surface area (Å²) in [5.41, 5.74) is 3.40. The van der Waals surface area contributed by atoms with Crippen molar-refractivity contribution >= 4 is 29.1 Å². The SMILES string of the molecule is O=C(Nc1ccccc1C(F)(F)F)c1ccc(N2C(=O)[C@H]3C4c5ccccc5C(c5ccccc54)[C@@H]3C2=O)cc1. The van der Waals surface area contributed by atoms with Gasteiger partial charge in [-0.05, 0) is 58.7 Å². The van der Waals surface area contributed by atoms with Crippen molar-refractivity contribution in [3.05, 3.63) is 130 Å². The topological polar surface area (TPSA) is 66.5 Å². The van der Waals surface area contributed by atoms with Gasteiger partial charge in [0, 0.05) is 17.4 Å². The van der Waals surface area contributed by atoms with E-state index in [4.69, 9.17) is 0 Å². The number of benzene rings is 4. The molecule has 0 spiro atoms. The number of para-hydroxylation sites is 1. The minimum atomic E-state index is -4.63. The molecule has 1 fully saturated rings. The van der Waals surface area contributed by atoms with Gasteiger partial charge in [0.25, 0.3) is 5.91 Å². The zero-order chi connectivity index (χ0) is 27.8. The Morgan fingerprint density at radius 1 is 0.650 bits per heavy atom. The van der Waals surface area contributed by atoms with Crippen molar-refractivity contribution in [2.75, 3.05) is 10.2 Å². The zero-order valence-electron chi connectivity index (χ0n) is 20.9. The van der Waals surface area contributed by atoms with Crippen molar-refractivity contribution in [2.45, 2.75) is 18.0 Å². The van der Waals surface area contributed by atoms with Gasteiger partial charge >= 0.3 is 6.18 Å². The fraction of sp³-hybridized carbons (Fsp3) is 0.156. The van der Waals surface area contributed by atoms with Crippen molar-refractivity contribution in [3.8, 4) is 0 Å². The molecule has 5 nitrogen and oxygen atoms in total. The predicted octanol–water partition coefficient (Wildman–Crippen LogP) is 6.35. The lowest BCUT2D eigenvalue weighted by Crippen LogP contribution is -2.41. The summed E-state index contributed by atoms with van der Waals surface area (Å²) < 4.78 is 40.0. The van der Waals surface area contributed by atoms with Gasteiger partial charge in [0.1, 0.15) is 0 Å². The molecular formula is C32H21F3N2O3. The average molecular weight is 539 g/mol. The first-order valence-electron chi connectivity index (χ1n) is 12.9. The molecule has 4 aromatic rings. The molecule has 0 unspecified atom stereocenters. The van der Waals surface area contributed by atoms with Crippen LogP contribution in [-0.2, 0) is 15.8 Å². The Labute approximate surface area is 227 Å². The van der Waals surface area contributed by atoms with E-state index in [1.165, 1.54) is 47.4 Å². The molecule has 0 radical (unpaired) electrons. The first-order valence-corrected chi connectivity index (χ1v) is 12.9. The molecule has 1 aliphatic heterocycles. The van der Waals surface area contributed by atoms with E-state index in [2.05, 4.69) is 5.32 Å². The van der Waals surface area contributed by atoms with Gasteiger partial charge in [-0.2, -0.15) is 13.2 Å². The molecule has 1 N–H and O–H groups in total. The first-order chi connectivity index (χ1) is 19.3. The van der Waals surface area contributed by atoms with Crippen molar-refractivity contribution in [2.24, 2.45) is 11.8 Å². The van der Waals surface area contributed by atoms with E-state index in [1.807, 2.05) is 48.5 Å². The van der Waals surface area contributed by atoms with Crippen LogP contribution in [0.2, 0.25) is 0 Å². The van der Waals surface area contributed by atoms with Crippen LogP contribution < -0.4 is 10.2 Å². The minimum Gasteiger partial charge on any atom is -0.321 e. The van der Waals surface area contributed by atoms with Crippen LogP contribution in [0, 0.1) is 11.8 Å². The van der Waals surface area contributed by atoms with Gasteiger partial charge in [-0.1, -0.05) is 60.7 Å². The van der Waals surface area contributed by atoms with Crippen LogP contribution in [0.3, 0.4) is 0 Å². The van der Waals surface area contributed by atoms with Gasteiger partial charge in [-0.3, -0.25) is 14.4 Å². The minimum absolute atomic E-state index is 0.0946. The highest BCUT2D eigenvalue weighted by Gasteiger charge is 2.61. The van der Waals surface area contributed by atoms with Crippen molar-refractivity contribution in [1.82, 2.24) is 0 Å². The maximum Gasteiger partial charge on any atom is 0.418 e. The van der Waals surface area contributed by atoms with Gasteiger partial charge in [0.05, 0.1) is 28.8 Å². The third-order valence-electron chi connectivity index (χ3n) is 8.32. The second kappa shape index (κ2) is 8.64. The van der Waals surface area contributed by atoms with E-state index in [1.54, 1.807) is 0 Å². The molecule has 0 aromatic heterocycles. The molecule has 2 atom stereocenters. The molecule has 1 heterocycles. The zero-order valence-corrected chi connectivity index (χ0v) is 20.9. The number of rotatable bonds is 3. The lowest BCUT2D eigenvalue weighted by Gasteiger charge is -2.45. The molecule has 0 saturated carbocycles. The van der Waals surface area contributed by atoms with E-state index in [-0.39, 0.29) is 34.9 Å². The number of hydrogen-bond donors (Lipinski definition) is 1. The first kappa shape index (κ1) is 24.3. The Hall–Kier alpha value is -4.72. The smallest absolute Gasteiger partial charge is 0.321 e. The Morgan fingerprint density at radius 2 is 1.10 bits per heavy atom. The number of anilines is 2. The maximum atomic E-state index is 13.9. The normalized spacial score (nSPS) is 22.5. The van der Waals surface area contributed by atoms with Crippen LogP contribution in [0.25, 0.3) is 0 Å². The third kappa shape index (κ3) is 3.45. The number of nitrogens with zero attached hydrogens (tertiary/aromatic N) is 1. The summed E-state index contributed by atoms with van der Waals surface area (Å²) in [5.74, 6) is -2.85. The molecule has 4 aliphatic rings. The highest BCUT2D eigenvalue weighted by Crippen LogP contribution is 2.61. The second-order valence-corrected chi connectivity index (χ2v) is 10.3. The maximum absolute atomic E-state index is 13.9. The molecule has 8 rings (SSSR count). The highest BCUT2D eigenvalue weighted by atomic mass is 19.4. The summed E-state index contributed by atoms with van der Waals surface area (Å²) in [5, 5.41) is 2.31. The average Bonchev–Trinajstić information content (AvgIpc) is 3.23. The van der Waals surface area contributed by atoms with Crippen LogP contribution in [0.4, 0.5) is 24.5 Å². The Kier molecular flexibility index (Phi) is 5.26. The van der Waals surface area contributed by atoms with E-state index in [0.717, 1.165) is 28.3 Å². The molecular weight excluding hydrogens is 517 g/mol. The number of imide groups is 1. The fourth-order valence-electron chi connectivity index (χ4n) is 6.73. The Morgan fingerprint density at radius 3 is 1.57 bits per heavy atom. The van der Waals surface area contributed by atoms with Crippen LogP contribution in [0.15, 0.2) is 97.1 Å². The van der Waals surface area contributed by atoms with E-state index < -0.39 is 29.5 Å². The van der Waals surface area contributed by atoms with Gasteiger partial charge in [0.15, 0.2) is 0 Å². The van der Waals surface area contributed by atoms with Crippen LogP contribution in [0.1, 0.15) is 50.0 Å². The number of hydrogen-bond acceptors (Lipinski definition) is 3. The largest absolute Gasteiger partial charge is 0.418 e. The van der Waals surface area contributed by atoms with Crippen LogP contribution in [-0.4, -0.2) is 17.7 Å².